The molecule has 1 aliphatic heterocycles. The Morgan fingerprint density at radius 1 is 1.12 bits per heavy atom. The fraction of sp³-hybridized carbons (Fsp3) is 0.469. The van der Waals surface area contributed by atoms with Crippen LogP contribution in [0.3, 0.4) is 0 Å². The minimum absolute atomic E-state index is 0.000509. The van der Waals surface area contributed by atoms with E-state index in [1.54, 1.807) is 20.2 Å². The molecule has 4 atom stereocenters. The molecule has 0 radical (unpaired) electrons. The summed E-state index contributed by atoms with van der Waals surface area (Å²) in [6, 6.07) is 6.13. The molecule has 11 nitrogen and oxygen atoms in total. The number of phenolic OH excluding ortho intramolecular Hbond substituents is 1. The molecule has 6 rings (SSSR count). The number of hydrogen-bond acceptors (Lipinski definition) is 9. The number of carbonyl (C=O) groups is 3. The first kappa shape index (κ1) is 29.2. The number of nitrogens with one attached hydrogen (secondary N) is 1. The van der Waals surface area contributed by atoms with Crippen LogP contribution < -0.4 is 5.73 Å². The highest BCUT2D eigenvalue weighted by Crippen LogP contribution is 2.53. The van der Waals surface area contributed by atoms with Crippen LogP contribution in [-0.4, -0.2) is 91.5 Å². The van der Waals surface area contributed by atoms with Gasteiger partial charge in [-0.05, 0) is 94.5 Å². The Kier molecular flexibility index (Phi) is 7.02. The highest BCUT2D eigenvalue weighted by molar-refractivity contribution is 6.24. The SMILES string of the molecule is CC1CCN(Cc2ccc(-c3ccc(O)c4c3C[C@H]3C[C@H]5[C@H](N(C)C)C(O)=C(C(N)=O)C(=O)[C@@]5(O)C(O)=C3C4=O)[nH]2)CC1. The van der Waals surface area contributed by atoms with Crippen molar-refractivity contribution in [1.82, 2.24) is 14.8 Å². The van der Waals surface area contributed by atoms with Gasteiger partial charge in [-0.2, -0.15) is 0 Å². The number of likely N-dealkylation sites (tertiary alicyclic amines) is 1. The van der Waals surface area contributed by atoms with Gasteiger partial charge in [-0.3, -0.25) is 24.2 Å². The molecule has 1 aromatic carbocycles. The summed E-state index contributed by atoms with van der Waals surface area (Å²) in [6.45, 7) is 5.12. The van der Waals surface area contributed by atoms with Crippen LogP contribution in [0.2, 0.25) is 0 Å². The topological polar surface area (TPSA) is 180 Å². The smallest absolute Gasteiger partial charge is 0.255 e. The van der Waals surface area contributed by atoms with Crippen LogP contribution in [0.5, 0.6) is 5.75 Å². The van der Waals surface area contributed by atoms with Crippen LogP contribution in [0.15, 0.2) is 46.9 Å². The van der Waals surface area contributed by atoms with E-state index in [1.807, 2.05) is 12.1 Å². The van der Waals surface area contributed by atoms with Crippen molar-refractivity contribution in [1.29, 1.82) is 0 Å². The van der Waals surface area contributed by atoms with E-state index in [2.05, 4.69) is 16.8 Å². The zero-order chi connectivity index (χ0) is 31.0. The number of amides is 1. The largest absolute Gasteiger partial charge is 0.510 e. The van der Waals surface area contributed by atoms with E-state index in [0.29, 0.717) is 5.56 Å². The number of H-pyrrole nitrogens is 1. The number of aromatic hydroxyl groups is 1. The number of Topliss-reactive ketones (excluding diaryl/α,β-unsaturated/α-hetero) is 2. The van der Waals surface area contributed by atoms with Crippen LogP contribution in [0.1, 0.15) is 47.8 Å². The number of likely N-dealkylation sites (N-methyl/N-ethyl adjacent to an activating group) is 1. The number of benzene rings is 1. The van der Waals surface area contributed by atoms with Crippen LogP contribution in [-0.2, 0) is 22.6 Å². The predicted molar refractivity (Wildman–Crippen MR) is 157 cm³/mol. The van der Waals surface area contributed by atoms with Crippen LogP contribution >= 0.6 is 0 Å². The van der Waals surface area contributed by atoms with Gasteiger partial charge in [0.15, 0.2) is 11.4 Å². The molecule has 0 unspecified atom stereocenters. The molecule has 7 N–H and O–H groups in total. The number of aromatic nitrogens is 1. The van der Waals surface area contributed by atoms with Crippen molar-refractivity contribution in [3.63, 3.8) is 0 Å². The lowest BCUT2D eigenvalue weighted by molar-refractivity contribution is -0.148. The Hall–Kier alpha value is -3.93. The number of nitrogens with two attached hydrogens (primary N) is 1. The lowest BCUT2D eigenvalue weighted by Crippen LogP contribution is -2.63. The summed E-state index contributed by atoms with van der Waals surface area (Å²) in [5.74, 6) is -5.88. The molecule has 0 bridgehead atoms. The monoisotopic (exact) mass is 590 g/mol. The summed E-state index contributed by atoms with van der Waals surface area (Å²) in [4.78, 5) is 47.1. The van der Waals surface area contributed by atoms with Gasteiger partial charge >= 0.3 is 0 Å². The number of hydrogen-bond donors (Lipinski definition) is 6. The maximum absolute atomic E-state index is 14.0. The number of aromatic amines is 1. The van der Waals surface area contributed by atoms with E-state index in [9.17, 15) is 34.8 Å². The quantitative estimate of drug-likeness (QED) is 0.285. The van der Waals surface area contributed by atoms with E-state index >= 15 is 0 Å². The number of allylic oxidation sites excluding steroid dienone is 1. The maximum Gasteiger partial charge on any atom is 0.255 e. The third kappa shape index (κ3) is 4.40. The molecule has 2 aromatic rings. The minimum atomic E-state index is -2.65. The molecule has 228 valence electrons. The third-order valence-corrected chi connectivity index (χ3v) is 9.91. The highest BCUT2D eigenvalue weighted by Gasteiger charge is 2.63. The lowest BCUT2D eigenvalue weighted by atomic mass is 9.58. The van der Waals surface area contributed by atoms with Crippen molar-refractivity contribution in [3.05, 3.63) is 63.8 Å². The van der Waals surface area contributed by atoms with E-state index in [-0.39, 0.29) is 29.7 Å². The van der Waals surface area contributed by atoms with E-state index in [1.165, 1.54) is 23.8 Å². The molecule has 43 heavy (non-hydrogen) atoms. The number of fused-ring (bicyclic) bond motifs is 3. The number of piperidine rings is 1. The molecule has 1 fully saturated rings. The van der Waals surface area contributed by atoms with Crippen molar-refractivity contribution in [3.8, 4) is 17.0 Å². The minimum Gasteiger partial charge on any atom is -0.510 e. The molecular formula is C32H38N4O7. The van der Waals surface area contributed by atoms with Crippen molar-refractivity contribution in [2.24, 2.45) is 23.5 Å². The number of rotatable bonds is 5. The third-order valence-electron chi connectivity index (χ3n) is 9.91. The Labute approximate surface area is 249 Å². The van der Waals surface area contributed by atoms with Gasteiger partial charge in [0.05, 0.1) is 11.6 Å². The second-order valence-electron chi connectivity index (χ2n) is 12.8. The molecule has 0 saturated carbocycles. The summed E-state index contributed by atoms with van der Waals surface area (Å²) in [7, 11) is 3.22. The van der Waals surface area contributed by atoms with Gasteiger partial charge in [-0.1, -0.05) is 6.92 Å². The van der Waals surface area contributed by atoms with Gasteiger partial charge in [-0.15, -0.1) is 0 Å². The zero-order valence-electron chi connectivity index (χ0n) is 24.6. The number of primary amides is 1. The fourth-order valence-electron chi connectivity index (χ4n) is 7.65. The molecule has 1 amide bonds. The summed E-state index contributed by atoms with van der Waals surface area (Å²) in [5, 5.41) is 45.1. The highest BCUT2D eigenvalue weighted by atomic mass is 16.3. The normalized spacial score (nSPS) is 28.3. The van der Waals surface area contributed by atoms with E-state index in [4.69, 9.17) is 5.73 Å². The number of nitrogens with zero attached hydrogens (tertiary/aromatic N) is 2. The summed E-state index contributed by atoms with van der Waals surface area (Å²) in [6.07, 6.45) is 2.61. The van der Waals surface area contributed by atoms with Gasteiger partial charge < -0.3 is 31.1 Å². The average Bonchev–Trinajstić information content (AvgIpc) is 3.40. The van der Waals surface area contributed by atoms with Gasteiger partial charge in [-0.25, -0.2) is 0 Å². The predicted octanol–water partition coefficient (Wildman–Crippen LogP) is 2.35. The Balaban J connectivity index is 1.41. The van der Waals surface area contributed by atoms with Gasteiger partial charge in [0.25, 0.3) is 5.91 Å². The van der Waals surface area contributed by atoms with Crippen molar-refractivity contribution < 1.29 is 34.8 Å². The molecule has 0 spiro atoms. The standard InChI is InChI=1S/C32H38N4O7/c1-15-8-10-36(11-9-15)14-17-4-6-21(34-17)18-5-7-22(37)24-19(18)12-16-13-20-26(35(2)3)28(39)25(31(33)42)30(41)32(20,43)29(40)23(16)27(24)38/h4-7,15-16,20,26,34,37,39-40,43H,8-14H2,1-3H3,(H2,33,42)/t16-,20-,26-,32-/m0/s1. The Morgan fingerprint density at radius 3 is 2.47 bits per heavy atom. The fourth-order valence-corrected chi connectivity index (χ4v) is 7.65. The number of ketones is 2. The average molecular weight is 591 g/mol. The molecule has 1 saturated heterocycles. The number of phenols is 1. The molecule has 11 heteroatoms. The van der Waals surface area contributed by atoms with E-state index < -0.39 is 58.0 Å². The molecular weight excluding hydrogens is 552 g/mol. The van der Waals surface area contributed by atoms with Crippen molar-refractivity contribution in [2.75, 3.05) is 27.2 Å². The first-order valence-corrected chi connectivity index (χ1v) is 14.7. The van der Waals surface area contributed by atoms with Gasteiger partial charge in [0.2, 0.25) is 5.78 Å². The summed E-state index contributed by atoms with van der Waals surface area (Å²) < 4.78 is 0. The number of carbonyl (C=O) groups excluding carboxylic acids is 3. The second kappa shape index (κ2) is 10.4. The Morgan fingerprint density at radius 2 is 1.81 bits per heavy atom. The van der Waals surface area contributed by atoms with Gasteiger partial charge in [0.1, 0.15) is 22.8 Å². The zero-order valence-corrected chi connectivity index (χ0v) is 24.6. The Bertz CT molecular complexity index is 1600. The number of aliphatic hydroxyl groups excluding tert-OH is 2. The van der Waals surface area contributed by atoms with Gasteiger partial charge in [0, 0.05) is 35.0 Å². The maximum atomic E-state index is 14.0. The van der Waals surface area contributed by atoms with Crippen molar-refractivity contribution >= 4 is 17.5 Å². The summed E-state index contributed by atoms with van der Waals surface area (Å²) in [5.41, 5.74) is 4.92. The lowest BCUT2D eigenvalue weighted by Gasteiger charge is -2.50. The van der Waals surface area contributed by atoms with E-state index in [0.717, 1.165) is 42.5 Å². The first-order chi connectivity index (χ1) is 20.3. The molecule has 3 aliphatic carbocycles. The molecule has 2 heterocycles. The molecule has 4 aliphatic rings. The van der Waals surface area contributed by atoms with Crippen LogP contribution in [0, 0.1) is 17.8 Å². The second-order valence-corrected chi connectivity index (χ2v) is 12.8. The summed E-state index contributed by atoms with van der Waals surface area (Å²) >= 11 is 0. The van der Waals surface area contributed by atoms with Crippen LogP contribution in [0.25, 0.3) is 11.3 Å². The molecule has 1 aromatic heterocycles. The van der Waals surface area contributed by atoms with Crippen molar-refractivity contribution in [2.45, 2.75) is 50.8 Å². The number of aliphatic hydroxyl groups is 3. The van der Waals surface area contributed by atoms with Crippen LogP contribution in [0.4, 0.5) is 0 Å². The first-order valence-electron chi connectivity index (χ1n) is 14.7.